The monoisotopic (exact) mass is 258 g/mol. The fourth-order valence-electron chi connectivity index (χ4n) is 1.92. The van der Waals surface area contributed by atoms with E-state index in [0.29, 0.717) is 11.3 Å². The highest BCUT2D eigenvalue weighted by Crippen LogP contribution is 2.24. The Hall–Kier alpha value is -2.42. The molecule has 0 amide bonds. The van der Waals surface area contributed by atoms with Gasteiger partial charge in [0.15, 0.2) is 0 Å². The van der Waals surface area contributed by atoms with E-state index in [0.717, 1.165) is 25.9 Å². The first-order chi connectivity index (χ1) is 9.20. The van der Waals surface area contributed by atoms with Crippen molar-refractivity contribution in [3.63, 3.8) is 0 Å². The van der Waals surface area contributed by atoms with Gasteiger partial charge < -0.3 is 0 Å². The minimum absolute atomic E-state index is 0.0372. The highest BCUT2D eigenvalue weighted by atomic mass is 16.6. The van der Waals surface area contributed by atoms with E-state index in [1.54, 1.807) is 0 Å². The van der Waals surface area contributed by atoms with E-state index in [1.165, 1.54) is 24.6 Å². The standard InChI is InChI=1S/C13H14N4O2/c1-2-11-10-12(17(18)19)6-7-13(11)14-15-16-8-4-3-5-9-16/h1,6-7,10H,3-5,8-9H2. The van der Waals surface area contributed by atoms with E-state index in [4.69, 9.17) is 6.42 Å². The van der Waals surface area contributed by atoms with Crippen LogP contribution in [-0.4, -0.2) is 23.0 Å². The van der Waals surface area contributed by atoms with Gasteiger partial charge in [-0.1, -0.05) is 11.1 Å². The zero-order valence-electron chi connectivity index (χ0n) is 10.5. The van der Waals surface area contributed by atoms with Gasteiger partial charge in [-0.15, -0.1) is 11.5 Å². The second-order valence-corrected chi connectivity index (χ2v) is 4.31. The highest BCUT2D eigenvalue weighted by Gasteiger charge is 2.10. The number of hydrogen-bond acceptors (Lipinski definition) is 4. The van der Waals surface area contributed by atoms with Crippen molar-refractivity contribution >= 4 is 11.4 Å². The summed E-state index contributed by atoms with van der Waals surface area (Å²) < 4.78 is 0. The molecule has 0 spiro atoms. The molecule has 0 aliphatic carbocycles. The lowest BCUT2D eigenvalue weighted by Crippen LogP contribution is -2.23. The molecule has 0 N–H and O–H groups in total. The molecule has 2 rings (SSSR count). The molecular formula is C13H14N4O2. The lowest BCUT2D eigenvalue weighted by molar-refractivity contribution is -0.384. The molecule has 1 aliphatic rings. The summed E-state index contributed by atoms with van der Waals surface area (Å²) in [6, 6.07) is 4.25. The van der Waals surface area contributed by atoms with E-state index in [9.17, 15) is 10.1 Å². The van der Waals surface area contributed by atoms with Gasteiger partial charge in [0, 0.05) is 25.2 Å². The number of nitrogens with zero attached hydrogens (tertiary/aromatic N) is 4. The molecular weight excluding hydrogens is 244 g/mol. The van der Waals surface area contributed by atoms with E-state index < -0.39 is 4.92 Å². The first-order valence-electron chi connectivity index (χ1n) is 6.12. The van der Waals surface area contributed by atoms with Crippen LogP contribution in [0.2, 0.25) is 0 Å². The van der Waals surface area contributed by atoms with Gasteiger partial charge in [-0.25, -0.2) is 0 Å². The summed E-state index contributed by atoms with van der Waals surface area (Å²) >= 11 is 0. The Kier molecular flexibility index (Phi) is 4.08. The maximum absolute atomic E-state index is 10.7. The summed E-state index contributed by atoms with van der Waals surface area (Å²) in [5, 5.41) is 20.8. The molecule has 1 aliphatic heterocycles. The molecule has 0 atom stereocenters. The number of benzene rings is 1. The molecule has 0 saturated carbocycles. The minimum Gasteiger partial charge on any atom is -0.278 e. The summed E-state index contributed by atoms with van der Waals surface area (Å²) in [6.45, 7) is 1.78. The zero-order chi connectivity index (χ0) is 13.7. The third-order valence-electron chi connectivity index (χ3n) is 2.96. The van der Waals surface area contributed by atoms with Gasteiger partial charge >= 0.3 is 0 Å². The summed E-state index contributed by atoms with van der Waals surface area (Å²) in [4.78, 5) is 10.2. The lowest BCUT2D eigenvalue weighted by Gasteiger charge is -2.21. The second-order valence-electron chi connectivity index (χ2n) is 4.31. The van der Waals surface area contributed by atoms with Gasteiger partial charge in [0.1, 0.15) is 5.69 Å². The van der Waals surface area contributed by atoms with Crippen molar-refractivity contribution in [1.29, 1.82) is 0 Å². The molecule has 0 radical (unpaired) electrons. The van der Waals surface area contributed by atoms with Crippen LogP contribution in [0.4, 0.5) is 11.4 Å². The van der Waals surface area contributed by atoms with Crippen LogP contribution in [0, 0.1) is 22.5 Å². The fraction of sp³-hybridized carbons (Fsp3) is 0.385. The van der Waals surface area contributed by atoms with Crippen LogP contribution < -0.4 is 0 Å². The van der Waals surface area contributed by atoms with Crippen LogP contribution in [0.15, 0.2) is 28.5 Å². The summed E-state index contributed by atoms with van der Waals surface area (Å²) in [6.07, 6.45) is 8.79. The van der Waals surface area contributed by atoms with E-state index in [-0.39, 0.29) is 5.69 Å². The summed E-state index contributed by atoms with van der Waals surface area (Å²) in [5.74, 6) is 2.40. The summed E-state index contributed by atoms with van der Waals surface area (Å²) in [7, 11) is 0. The van der Waals surface area contributed by atoms with Crippen molar-refractivity contribution in [3.8, 4) is 12.3 Å². The predicted octanol–water partition coefficient (Wildman–Crippen LogP) is 3.06. The lowest BCUT2D eigenvalue weighted by atomic mass is 10.1. The van der Waals surface area contributed by atoms with E-state index >= 15 is 0 Å². The van der Waals surface area contributed by atoms with Gasteiger partial charge in [0.2, 0.25) is 0 Å². The van der Waals surface area contributed by atoms with Crippen molar-refractivity contribution in [2.75, 3.05) is 13.1 Å². The number of piperidine rings is 1. The zero-order valence-corrected chi connectivity index (χ0v) is 10.5. The maximum atomic E-state index is 10.7. The highest BCUT2D eigenvalue weighted by molar-refractivity contribution is 5.58. The van der Waals surface area contributed by atoms with Crippen LogP contribution in [-0.2, 0) is 0 Å². The average molecular weight is 258 g/mol. The molecule has 1 aromatic rings. The smallest absolute Gasteiger partial charge is 0.270 e. The Balaban J connectivity index is 2.17. The average Bonchev–Trinajstić information content (AvgIpc) is 2.45. The van der Waals surface area contributed by atoms with Crippen molar-refractivity contribution < 1.29 is 4.92 Å². The molecule has 1 aromatic carbocycles. The molecule has 1 heterocycles. The fourth-order valence-corrected chi connectivity index (χ4v) is 1.92. The van der Waals surface area contributed by atoms with Crippen molar-refractivity contribution in [2.24, 2.45) is 10.3 Å². The van der Waals surface area contributed by atoms with Crippen LogP contribution in [0.3, 0.4) is 0 Å². The molecule has 1 saturated heterocycles. The van der Waals surface area contributed by atoms with Gasteiger partial charge in [0.05, 0.1) is 10.5 Å². The van der Waals surface area contributed by atoms with Gasteiger partial charge in [-0.05, 0) is 25.3 Å². The Morgan fingerprint density at radius 2 is 2.05 bits per heavy atom. The molecule has 0 aromatic heterocycles. The maximum Gasteiger partial charge on any atom is 0.270 e. The minimum atomic E-state index is -0.480. The Labute approximate surface area is 111 Å². The number of rotatable bonds is 3. The Morgan fingerprint density at radius 1 is 1.32 bits per heavy atom. The van der Waals surface area contributed by atoms with Gasteiger partial charge in [0.25, 0.3) is 5.69 Å². The van der Waals surface area contributed by atoms with Crippen LogP contribution in [0.1, 0.15) is 24.8 Å². The van der Waals surface area contributed by atoms with Crippen molar-refractivity contribution in [1.82, 2.24) is 5.01 Å². The number of nitro groups is 1. The molecule has 0 unspecified atom stereocenters. The third-order valence-corrected chi connectivity index (χ3v) is 2.96. The van der Waals surface area contributed by atoms with E-state index in [2.05, 4.69) is 16.3 Å². The first kappa shape index (κ1) is 13.0. The topological polar surface area (TPSA) is 71.1 Å². The van der Waals surface area contributed by atoms with Crippen LogP contribution in [0.25, 0.3) is 0 Å². The molecule has 6 heteroatoms. The predicted molar refractivity (Wildman–Crippen MR) is 71.0 cm³/mol. The second kappa shape index (κ2) is 5.96. The van der Waals surface area contributed by atoms with Gasteiger partial charge in [-0.2, -0.15) is 0 Å². The largest absolute Gasteiger partial charge is 0.278 e. The number of terminal acetylenes is 1. The normalized spacial score (nSPS) is 15.4. The molecule has 1 fully saturated rings. The number of nitro benzene ring substituents is 1. The molecule has 0 bridgehead atoms. The van der Waals surface area contributed by atoms with Crippen molar-refractivity contribution in [2.45, 2.75) is 19.3 Å². The molecule has 98 valence electrons. The summed E-state index contributed by atoms with van der Waals surface area (Å²) in [5.41, 5.74) is 0.832. The molecule has 6 nitrogen and oxygen atoms in total. The Morgan fingerprint density at radius 3 is 2.68 bits per heavy atom. The SMILES string of the molecule is C#Cc1cc([N+](=O)[O-])ccc1N=NN1CCCCC1. The first-order valence-corrected chi connectivity index (χ1v) is 6.12. The van der Waals surface area contributed by atoms with E-state index in [1.807, 2.05) is 5.01 Å². The van der Waals surface area contributed by atoms with Crippen LogP contribution in [0.5, 0.6) is 0 Å². The number of non-ortho nitro benzene ring substituents is 1. The van der Waals surface area contributed by atoms with Crippen molar-refractivity contribution in [3.05, 3.63) is 33.9 Å². The quantitative estimate of drug-likeness (QED) is 0.362. The van der Waals surface area contributed by atoms with Gasteiger partial charge in [-0.3, -0.25) is 15.1 Å². The third kappa shape index (κ3) is 3.28. The Bertz CT molecular complexity index is 542. The van der Waals surface area contributed by atoms with Crippen LogP contribution >= 0.6 is 0 Å². The number of hydrogen-bond donors (Lipinski definition) is 0. The molecule has 19 heavy (non-hydrogen) atoms.